The number of hydrogen-bond donors (Lipinski definition) is 0. The summed E-state index contributed by atoms with van der Waals surface area (Å²) >= 11 is 0. The molecule has 1 aliphatic carbocycles. The number of rotatable bonds is 6. The summed E-state index contributed by atoms with van der Waals surface area (Å²) in [6.45, 7) is 0. The third kappa shape index (κ3) is 5.53. The maximum absolute atomic E-state index is 6.65. The van der Waals surface area contributed by atoms with E-state index < -0.39 is 0 Å². The van der Waals surface area contributed by atoms with Gasteiger partial charge in [-0.05, 0) is 100 Å². The molecule has 266 valence electrons. The van der Waals surface area contributed by atoms with Crippen molar-refractivity contribution in [2.24, 2.45) is 0 Å². The van der Waals surface area contributed by atoms with Gasteiger partial charge in [-0.25, -0.2) is 9.97 Å². The number of fused-ring (bicyclic) bond motifs is 6. The summed E-state index contributed by atoms with van der Waals surface area (Å²) in [6, 6.07) is 62.9. The van der Waals surface area contributed by atoms with E-state index in [2.05, 4.69) is 169 Å². The fraction of sp³-hybridized carbons (Fsp3) is 0.0769. The van der Waals surface area contributed by atoms with E-state index in [-0.39, 0.29) is 0 Å². The summed E-state index contributed by atoms with van der Waals surface area (Å²) in [5.41, 5.74) is 16.0. The van der Waals surface area contributed by atoms with E-state index in [1.54, 1.807) is 0 Å². The summed E-state index contributed by atoms with van der Waals surface area (Å²) < 4.78 is 6.65. The molecule has 4 nitrogen and oxygen atoms in total. The third-order valence-electron chi connectivity index (χ3n) is 11.5. The molecule has 0 N–H and O–H groups in total. The molecule has 0 radical (unpaired) electrons. The van der Waals surface area contributed by atoms with Gasteiger partial charge in [-0.1, -0.05) is 140 Å². The Morgan fingerprint density at radius 1 is 0.518 bits per heavy atom. The van der Waals surface area contributed by atoms with Crippen molar-refractivity contribution in [3.63, 3.8) is 0 Å². The molecule has 56 heavy (non-hydrogen) atoms. The smallest absolute Gasteiger partial charge is 0.180 e. The average molecular weight is 720 g/mol. The second-order valence-electron chi connectivity index (χ2n) is 14.9. The number of benzene rings is 7. The van der Waals surface area contributed by atoms with Gasteiger partial charge in [-0.2, -0.15) is 0 Å². The average Bonchev–Trinajstić information content (AvgIpc) is 3.82. The van der Waals surface area contributed by atoms with Gasteiger partial charge in [0.15, 0.2) is 11.4 Å². The molecule has 11 rings (SSSR count). The third-order valence-corrected chi connectivity index (χ3v) is 11.5. The van der Waals surface area contributed by atoms with Crippen LogP contribution in [-0.2, 0) is 0 Å². The molecule has 0 spiro atoms. The van der Waals surface area contributed by atoms with Crippen LogP contribution in [0.25, 0.3) is 78.1 Å². The minimum Gasteiger partial charge on any atom is -0.452 e. The normalized spacial score (nSPS) is 16.0. The molecule has 0 saturated heterocycles. The highest BCUT2D eigenvalue weighted by molar-refractivity contribution is 6.08. The van der Waals surface area contributed by atoms with Crippen LogP contribution in [0.2, 0.25) is 0 Å². The van der Waals surface area contributed by atoms with Crippen LogP contribution in [0, 0.1) is 0 Å². The Balaban J connectivity index is 1.01. The van der Waals surface area contributed by atoms with E-state index in [4.69, 9.17) is 14.4 Å². The van der Waals surface area contributed by atoms with Gasteiger partial charge >= 0.3 is 0 Å². The zero-order valence-corrected chi connectivity index (χ0v) is 30.7. The largest absolute Gasteiger partial charge is 0.452 e. The van der Waals surface area contributed by atoms with Crippen molar-refractivity contribution >= 4 is 33.4 Å². The highest BCUT2D eigenvalue weighted by atomic mass is 16.3. The van der Waals surface area contributed by atoms with Gasteiger partial charge in [0.2, 0.25) is 0 Å². The van der Waals surface area contributed by atoms with Crippen molar-refractivity contribution in [3.8, 4) is 56.0 Å². The Kier molecular flexibility index (Phi) is 7.73. The van der Waals surface area contributed by atoms with Gasteiger partial charge in [0, 0.05) is 39.8 Å². The molecular formula is C52H37N3O. The highest BCUT2D eigenvalue weighted by Gasteiger charge is 2.38. The van der Waals surface area contributed by atoms with E-state index in [0.717, 1.165) is 68.4 Å². The molecule has 0 fully saturated rings. The van der Waals surface area contributed by atoms with Crippen molar-refractivity contribution in [3.05, 3.63) is 194 Å². The Hall–Kier alpha value is -7.04. The lowest BCUT2D eigenvalue weighted by molar-refractivity contribution is 0.565. The van der Waals surface area contributed by atoms with E-state index in [0.29, 0.717) is 23.4 Å². The molecule has 2 aliphatic rings. The first-order chi connectivity index (χ1) is 27.7. The number of anilines is 2. The summed E-state index contributed by atoms with van der Waals surface area (Å²) in [7, 11) is 0. The van der Waals surface area contributed by atoms with Crippen molar-refractivity contribution < 1.29 is 4.42 Å². The molecule has 2 atom stereocenters. The monoisotopic (exact) mass is 719 g/mol. The molecule has 2 aromatic heterocycles. The Labute approximate surface area is 326 Å². The number of nitrogens with zero attached hydrogens (tertiary/aromatic N) is 3. The maximum atomic E-state index is 6.65. The lowest BCUT2D eigenvalue weighted by Crippen LogP contribution is -2.30. The van der Waals surface area contributed by atoms with Crippen LogP contribution in [0.3, 0.4) is 0 Å². The summed E-state index contributed by atoms with van der Waals surface area (Å²) in [4.78, 5) is 12.9. The molecule has 1 aliphatic heterocycles. The van der Waals surface area contributed by atoms with Crippen LogP contribution in [0.5, 0.6) is 0 Å². The summed E-state index contributed by atoms with van der Waals surface area (Å²) in [5, 5.41) is 0.969. The van der Waals surface area contributed by atoms with Crippen LogP contribution >= 0.6 is 0 Å². The van der Waals surface area contributed by atoms with Crippen LogP contribution < -0.4 is 4.90 Å². The first-order valence-corrected chi connectivity index (χ1v) is 19.5. The van der Waals surface area contributed by atoms with Crippen molar-refractivity contribution in [1.82, 2.24) is 9.97 Å². The molecule has 9 aromatic rings. The fourth-order valence-electron chi connectivity index (χ4n) is 8.83. The first-order valence-electron chi connectivity index (χ1n) is 19.5. The molecular weight excluding hydrogens is 683 g/mol. The number of allylic oxidation sites excluding steroid dienone is 1. The Bertz CT molecular complexity index is 2930. The van der Waals surface area contributed by atoms with E-state index in [9.17, 15) is 0 Å². The van der Waals surface area contributed by atoms with Crippen LogP contribution in [0.1, 0.15) is 24.3 Å². The van der Waals surface area contributed by atoms with E-state index >= 15 is 0 Å². The summed E-state index contributed by atoms with van der Waals surface area (Å²) in [6.07, 6.45) is 7.06. The van der Waals surface area contributed by atoms with Gasteiger partial charge in [-0.15, -0.1) is 0 Å². The fourth-order valence-corrected chi connectivity index (χ4v) is 8.83. The Morgan fingerprint density at radius 3 is 1.89 bits per heavy atom. The van der Waals surface area contributed by atoms with Crippen molar-refractivity contribution in [2.45, 2.75) is 24.8 Å². The lowest BCUT2D eigenvalue weighted by atomic mass is 9.86. The minimum atomic E-state index is 0.382. The number of aromatic nitrogens is 2. The molecule has 7 aromatic carbocycles. The summed E-state index contributed by atoms with van der Waals surface area (Å²) in [5.74, 6) is 1.05. The predicted octanol–water partition coefficient (Wildman–Crippen LogP) is 13.7. The highest BCUT2D eigenvalue weighted by Crippen LogP contribution is 2.50. The second-order valence-corrected chi connectivity index (χ2v) is 14.9. The molecule has 2 unspecified atom stereocenters. The zero-order valence-electron chi connectivity index (χ0n) is 30.7. The SMILES string of the molecule is C1=CC2c3cc(-c4cccc(-c5ccc6oc7c(-c8cccc(-c9ccccc9)c8)nc(-c8ccccc8)nc7c6c5)c4)ccc3N(c3ccccc3)C2CC1. The van der Waals surface area contributed by atoms with Gasteiger partial charge < -0.3 is 9.32 Å². The van der Waals surface area contributed by atoms with Crippen molar-refractivity contribution in [1.29, 1.82) is 0 Å². The second kappa shape index (κ2) is 13.4. The Morgan fingerprint density at radius 2 is 1.12 bits per heavy atom. The van der Waals surface area contributed by atoms with E-state index in [1.807, 2.05) is 24.3 Å². The van der Waals surface area contributed by atoms with E-state index in [1.165, 1.54) is 28.1 Å². The molecule has 0 bridgehead atoms. The molecule has 4 heteroatoms. The topological polar surface area (TPSA) is 42.2 Å². The van der Waals surface area contributed by atoms with Crippen molar-refractivity contribution in [2.75, 3.05) is 4.90 Å². The van der Waals surface area contributed by atoms with Crippen LogP contribution in [0.15, 0.2) is 192 Å². The molecule has 3 heterocycles. The zero-order chi connectivity index (χ0) is 37.0. The predicted molar refractivity (Wildman–Crippen MR) is 230 cm³/mol. The number of hydrogen-bond acceptors (Lipinski definition) is 4. The van der Waals surface area contributed by atoms with Gasteiger partial charge in [0.1, 0.15) is 16.8 Å². The van der Waals surface area contributed by atoms with Gasteiger partial charge in [0.25, 0.3) is 0 Å². The molecule has 0 saturated carbocycles. The first kappa shape index (κ1) is 32.4. The van der Waals surface area contributed by atoms with Gasteiger partial charge in [0.05, 0.1) is 0 Å². The minimum absolute atomic E-state index is 0.382. The molecule has 0 amide bonds. The maximum Gasteiger partial charge on any atom is 0.180 e. The van der Waals surface area contributed by atoms with Crippen LogP contribution in [0.4, 0.5) is 11.4 Å². The standard InChI is InChI=1S/C52H37N3O/c1-4-14-34(15-5-1)36-18-13-21-41(31-36)49-51-50(54-52(53-49)35-16-6-2-7-17-35)45-33-40(27-29-48(45)56-51)38-20-12-19-37(30-38)39-26-28-47-44(32-39)43-24-10-11-25-46(43)55(47)42-22-8-3-9-23-42/h1-10,12-24,26-33,43,46H,11,25H2. The van der Waals surface area contributed by atoms with Gasteiger partial charge in [-0.3, -0.25) is 0 Å². The van der Waals surface area contributed by atoms with Crippen LogP contribution in [-0.4, -0.2) is 16.0 Å². The number of para-hydroxylation sites is 1. The lowest BCUT2D eigenvalue weighted by Gasteiger charge is -2.31. The quantitative estimate of drug-likeness (QED) is 0.160. The number of furan rings is 1.